The van der Waals surface area contributed by atoms with E-state index in [1.165, 1.54) is 5.56 Å². The van der Waals surface area contributed by atoms with Gasteiger partial charge in [0.2, 0.25) is 0 Å². The van der Waals surface area contributed by atoms with E-state index in [0.29, 0.717) is 19.1 Å². The Labute approximate surface area is 215 Å². The fraction of sp³-hybridized carbons (Fsp3) is 0.500. The van der Waals surface area contributed by atoms with Crippen LogP contribution in [0.2, 0.25) is 0 Å². The molecule has 7 heteroatoms. The Hall–Kier alpha value is -2.00. The molecule has 0 aromatic heterocycles. The first-order chi connectivity index (χ1) is 15.7. The van der Waals surface area contributed by atoms with Gasteiger partial charge in [-0.05, 0) is 56.9 Å². The number of hydrogen-bond acceptors (Lipinski definition) is 4. The predicted octanol–water partition coefficient (Wildman–Crippen LogP) is 5.50. The van der Waals surface area contributed by atoms with Crippen molar-refractivity contribution < 1.29 is 14.2 Å². The molecule has 1 saturated heterocycles. The fourth-order valence-corrected chi connectivity index (χ4v) is 4.11. The highest BCUT2D eigenvalue weighted by Gasteiger charge is 2.27. The first-order valence-electron chi connectivity index (χ1n) is 11.7. The van der Waals surface area contributed by atoms with Crippen molar-refractivity contribution in [2.75, 3.05) is 33.4 Å². The van der Waals surface area contributed by atoms with Crippen molar-refractivity contribution in [1.82, 2.24) is 10.6 Å². The Bertz CT molecular complexity index is 863. The molecule has 1 heterocycles. The Morgan fingerprint density at radius 1 is 1.09 bits per heavy atom. The number of halogens is 1. The predicted molar refractivity (Wildman–Crippen MR) is 145 cm³/mol. The van der Waals surface area contributed by atoms with Crippen LogP contribution in [0.25, 0.3) is 0 Å². The summed E-state index contributed by atoms with van der Waals surface area (Å²) in [5, 5.41) is 7.01. The van der Waals surface area contributed by atoms with Gasteiger partial charge in [0, 0.05) is 26.1 Å². The molecule has 182 valence electrons. The molecule has 2 N–H and O–H groups in total. The summed E-state index contributed by atoms with van der Waals surface area (Å²) in [6.45, 7) is 8.91. The third-order valence-electron chi connectivity index (χ3n) is 5.75. The Balaban J connectivity index is 0.00000385. The van der Waals surface area contributed by atoms with Gasteiger partial charge in [0.05, 0.1) is 25.4 Å². The van der Waals surface area contributed by atoms with E-state index in [9.17, 15) is 0 Å². The van der Waals surface area contributed by atoms with Gasteiger partial charge in [-0.1, -0.05) is 36.4 Å². The highest BCUT2D eigenvalue weighted by Crippen LogP contribution is 2.33. The Kier molecular flexibility index (Phi) is 11.8. The molecule has 1 aliphatic heterocycles. The van der Waals surface area contributed by atoms with Gasteiger partial charge in [0.1, 0.15) is 0 Å². The molecule has 0 radical (unpaired) electrons. The van der Waals surface area contributed by atoms with Crippen LogP contribution in [0.1, 0.15) is 56.9 Å². The largest absolute Gasteiger partial charge is 0.490 e. The van der Waals surface area contributed by atoms with E-state index < -0.39 is 0 Å². The molecule has 1 fully saturated rings. The summed E-state index contributed by atoms with van der Waals surface area (Å²) in [6.07, 6.45) is 2.34. The van der Waals surface area contributed by atoms with E-state index in [1.54, 1.807) is 7.05 Å². The lowest BCUT2D eigenvalue weighted by Gasteiger charge is -2.33. The molecule has 0 saturated carbocycles. The maximum Gasteiger partial charge on any atom is 0.191 e. The zero-order valence-electron chi connectivity index (χ0n) is 20.2. The van der Waals surface area contributed by atoms with Crippen molar-refractivity contribution in [3.63, 3.8) is 0 Å². The normalized spacial score (nSPS) is 19.2. The second-order valence-corrected chi connectivity index (χ2v) is 8.00. The SMILES string of the molecule is CCOc1ccc(C(C)NC(=NC)NCC2CCCOC2c2ccccc2)cc1OCC.I. The van der Waals surface area contributed by atoms with Gasteiger partial charge in [-0.3, -0.25) is 4.99 Å². The number of hydrogen-bond donors (Lipinski definition) is 2. The van der Waals surface area contributed by atoms with E-state index in [4.69, 9.17) is 14.2 Å². The topological polar surface area (TPSA) is 64.1 Å². The van der Waals surface area contributed by atoms with Gasteiger partial charge in [-0.25, -0.2) is 0 Å². The quantitative estimate of drug-likeness (QED) is 0.238. The van der Waals surface area contributed by atoms with E-state index in [1.807, 2.05) is 32.0 Å². The zero-order chi connectivity index (χ0) is 22.8. The summed E-state index contributed by atoms with van der Waals surface area (Å²) in [5.41, 5.74) is 2.36. The summed E-state index contributed by atoms with van der Waals surface area (Å²) in [5.74, 6) is 2.72. The fourth-order valence-electron chi connectivity index (χ4n) is 4.11. The van der Waals surface area contributed by atoms with Crippen LogP contribution in [0.4, 0.5) is 0 Å². The van der Waals surface area contributed by atoms with Gasteiger partial charge in [0.25, 0.3) is 0 Å². The highest BCUT2D eigenvalue weighted by atomic mass is 127. The molecule has 3 unspecified atom stereocenters. The first-order valence-corrected chi connectivity index (χ1v) is 11.7. The van der Waals surface area contributed by atoms with Crippen molar-refractivity contribution in [1.29, 1.82) is 0 Å². The summed E-state index contributed by atoms with van der Waals surface area (Å²) in [7, 11) is 1.80. The van der Waals surface area contributed by atoms with Gasteiger partial charge in [-0.15, -0.1) is 24.0 Å². The van der Waals surface area contributed by atoms with Crippen molar-refractivity contribution in [3.8, 4) is 11.5 Å². The molecule has 6 nitrogen and oxygen atoms in total. The van der Waals surface area contributed by atoms with Crippen LogP contribution in [-0.2, 0) is 4.74 Å². The highest BCUT2D eigenvalue weighted by molar-refractivity contribution is 14.0. The van der Waals surface area contributed by atoms with Gasteiger partial charge < -0.3 is 24.8 Å². The minimum absolute atomic E-state index is 0. The standard InChI is InChI=1S/C26H37N3O3.HI/c1-5-30-23-15-14-21(17-24(23)31-6-2)19(3)29-26(27-4)28-18-22-13-10-16-32-25(22)20-11-8-7-9-12-20;/h7-9,11-12,14-15,17,19,22,25H,5-6,10,13,16,18H2,1-4H3,(H2,27,28,29);1H. The molecule has 0 spiro atoms. The van der Waals surface area contributed by atoms with Crippen molar-refractivity contribution in [2.45, 2.75) is 45.8 Å². The lowest BCUT2D eigenvalue weighted by atomic mass is 9.89. The summed E-state index contributed by atoms with van der Waals surface area (Å²) < 4.78 is 17.6. The lowest BCUT2D eigenvalue weighted by Crippen LogP contribution is -2.42. The Morgan fingerprint density at radius 2 is 1.82 bits per heavy atom. The van der Waals surface area contributed by atoms with Gasteiger partial charge in [-0.2, -0.15) is 0 Å². The Morgan fingerprint density at radius 3 is 2.52 bits per heavy atom. The summed E-state index contributed by atoms with van der Waals surface area (Å²) >= 11 is 0. The monoisotopic (exact) mass is 567 g/mol. The second kappa shape index (κ2) is 14.3. The maximum absolute atomic E-state index is 6.13. The summed E-state index contributed by atoms with van der Waals surface area (Å²) in [6, 6.07) is 16.6. The molecule has 0 aliphatic carbocycles. The molecule has 1 aliphatic rings. The van der Waals surface area contributed by atoms with Crippen molar-refractivity contribution in [2.24, 2.45) is 10.9 Å². The number of ether oxygens (including phenoxy) is 3. The zero-order valence-corrected chi connectivity index (χ0v) is 22.5. The van der Waals surface area contributed by atoms with Crippen LogP contribution in [0, 0.1) is 5.92 Å². The molecule has 2 aromatic carbocycles. The number of aliphatic imine (C=N–C) groups is 1. The average molecular weight is 568 g/mol. The van der Waals surface area contributed by atoms with E-state index >= 15 is 0 Å². The summed E-state index contributed by atoms with van der Waals surface area (Å²) in [4.78, 5) is 4.44. The number of nitrogens with zero attached hydrogens (tertiary/aromatic N) is 1. The molecule has 0 amide bonds. The molecule has 33 heavy (non-hydrogen) atoms. The minimum Gasteiger partial charge on any atom is -0.490 e. The number of benzene rings is 2. The van der Waals surface area contributed by atoms with Crippen molar-refractivity contribution >= 4 is 29.9 Å². The molecular formula is C26H38IN3O3. The molecule has 3 atom stereocenters. The second-order valence-electron chi connectivity index (χ2n) is 8.00. The van der Waals surface area contributed by atoms with Crippen LogP contribution in [0.5, 0.6) is 11.5 Å². The molecule has 2 aromatic rings. The van der Waals surface area contributed by atoms with Crippen LogP contribution in [0.3, 0.4) is 0 Å². The third kappa shape index (κ3) is 7.78. The molecule has 3 rings (SSSR count). The average Bonchev–Trinajstić information content (AvgIpc) is 2.83. The van der Waals surface area contributed by atoms with E-state index in [-0.39, 0.29) is 36.1 Å². The smallest absolute Gasteiger partial charge is 0.191 e. The van der Waals surface area contributed by atoms with Gasteiger partial charge >= 0.3 is 0 Å². The molecule has 0 bridgehead atoms. The molecular weight excluding hydrogens is 529 g/mol. The first kappa shape index (κ1) is 27.2. The van der Waals surface area contributed by atoms with Crippen molar-refractivity contribution in [3.05, 3.63) is 59.7 Å². The van der Waals surface area contributed by atoms with E-state index in [2.05, 4.69) is 52.9 Å². The van der Waals surface area contributed by atoms with Crippen LogP contribution >= 0.6 is 24.0 Å². The lowest BCUT2D eigenvalue weighted by molar-refractivity contribution is -0.0265. The van der Waals surface area contributed by atoms with Crippen LogP contribution in [-0.4, -0.2) is 39.4 Å². The van der Waals surface area contributed by atoms with Crippen LogP contribution in [0.15, 0.2) is 53.5 Å². The maximum atomic E-state index is 6.13. The third-order valence-corrected chi connectivity index (χ3v) is 5.75. The number of guanidine groups is 1. The van der Waals surface area contributed by atoms with Crippen LogP contribution < -0.4 is 20.1 Å². The van der Waals surface area contributed by atoms with Gasteiger partial charge in [0.15, 0.2) is 17.5 Å². The number of rotatable bonds is 9. The number of nitrogens with one attached hydrogen (secondary N) is 2. The van der Waals surface area contributed by atoms with E-state index in [0.717, 1.165) is 49.0 Å². The minimum atomic E-state index is 0.